The first-order valence-electron chi connectivity index (χ1n) is 10.3. The van der Waals surface area contributed by atoms with Crippen LogP contribution < -0.4 is 5.32 Å². The minimum atomic E-state index is -0.610. The molecule has 0 aliphatic carbocycles. The monoisotopic (exact) mass is 480 g/mol. The van der Waals surface area contributed by atoms with Crippen LogP contribution in [0.4, 0.5) is 0 Å². The van der Waals surface area contributed by atoms with Gasteiger partial charge < -0.3 is 10.2 Å². The molecule has 0 aromatic heterocycles. The normalized spacial score (nSPS) is 12.3. The Balaban J connectivity index is 2.23. The van der Waals surface area contributed by atoms with Crippen molar-refractivity contribution in [3.63, 3.8) is 0 Å². The lowest BCUT2D eigenvalue weighted by Gasteiger charge is -2.33. The standard InChI is InChI=1S/C24H30Cl2N2O2S/c1-5-21(23(30)27-24(2,3)4)28(16-18-19(25)12-9-13-20(18)26)22(29)14-15-31-17-10-7-6-8-11-17/h6-13,21H,5,14-16H2,1-4H3,(H,27,30)/t21-/m0/s1. The number of carbonyl (C=O) groups excluding carboxylic acids is 2. The summed E-state index contributed by atoms with van der Waals surface area (Å²) in [6.07, 6.45) is 0.794. The molecule has 0 fully saturated rings. The number of nitrogens with one attached hydrogen (secondary N) is 1. The molecular formula is C24H30Cl2N2O2S. The maximum Gasteiger partial charge on any atom is 0.243 e. The van der Waals surface area contributed by atoms with E-state index in [9.17, 15) is 9.59 Å². The molecule has 4 nitrogen and oxygen atoms in total. The molecule has 168 valence electrons. The summed E-state index contributed by atoms with van der Waals surface area (Å²) in [6, 6.07) is 14.6. The first-order valence-corrected chi connectivity index (χ1v) is 12.1. The van der Waals surface area contributed by atoms with Crippen LogP contribution in [0.3, 0.4) is 0 Å². The number of nitrogens with zero attached hydrogens (tertiary/aromatic N) is 1. The van der Waals surface area contributed by atoms with Gasteiger partial charge in [-0.1, -0.05) is 54.4 Å². The number of halogens is 2. The Kier molecular flexibility index (Phi) is 9.73. The SMILES string of the molecule is CC[C@@H](C(=O)NC(C)(C)C)N(Cc1c(Cl)cccc1Cl)C(=O)CCSc1ccccc1. The second-order valence-corrected chi connectivity index (χ2v) is 10.3. The molecule has 0 spiro atoms. The zero-order valence-electron chi connectivity index (χ0n) is 18.5. The highest BCUT2D eigenvalue weighted by Crippen LogP contribution is 2.28. The van der Waals surface area contributed by atoms with E-state index in [0.29, 0.717) is 34.2 Å². The van der Waals surface area contributed by atoms with Gasteiger partial charge >= 0.3 is 0 Å². The van der Waals surface area contributed by atoms with E-state index in [1.54, 1.807) is 34.9 Å². The van der Waals surface area contributed by atoms with Gasteiger partial charge in [-0.05, 0) is 51.5 Å². The van der Waals surface area contributed by atoms with Crippen molar-refractivity contribution < 1.29 is 9.59 Å². The van der Waals surface area contributed by atoms with Gasteiger partial charge in [0.25, 0.3) is 0 Å². The van der Waals surface area contributed by atoms with Crippen molar-refractivity contribution in [2.24, 2.45) is 0 Å². The fourth-order valence-electron chi connectivity index (χ4n) is 3.14. The third kappa shape index (κ3) is 8.06. The van der Waals surface area contributed by atoms with E-state index in [4.69, 9.17) is 23.2 Å². The molecule has 0 radical (unpaired) electrons. The van der Waals surface area contributed by atoms with Crippen molar-refractivity contribution in [1.29, 1.82) is 0 Å². The van der Waals surface area contributed by atoms with Crippen LogP contribution in [0.25, 0.3) is 0 Å². The van der Waals surface area contributed by atoms with Gasteiger partial charge in [-0.2, -0.15) is 0 Å². The number of rotatable bonds is 9. The molecule has 31 heavy (non-hydrogen) atoms. The van der Waals surface area contributed by atoms with Crippen molar-refractivity contribution in [3.05, 3.63) is 64.1 Å². The predicted molar refractivity (Wildman–Crippen MR) is 131 cm³/mol. The van der Waals surface area contributed by atoms with Crippen LogP contribution in [-0.2, 0) is 16.1 Å². The lowest BCUT2D eigenvalue weighted by molar-refractivity contribution is -0.141. The smallest absolute Gasteiger partial charge is 0.243 e. The van der Waals surface area contributed by atoms with Crippen LogP contribution in [0, 0.1) is 0 Å². The summed E-state index contributed by atoms with van der Waals surface area (Å²) in [5, 5.41) is 3.96. The fraction of sp³-hybridized carbons (Fsp3) is 0.417. The third-order valence-electron chi connectivity index (χ3n) is 4.60. The van der Waals surface area contributed by atoms with Gasteiger partial charge in [0, 0.05) is 44.8 Å². The van der Waals surface area contributed by atoms with Crippen LogP contribution in [0.15, 0.2) is 53.4 Å². The fourth-order valence-corrected chi connectivity index (χ4v) is 4.52. The molecule has 0 aliphatic rings. The van der Waals surface area contributed by atoms with Crippen LogP contribution in [0.2, 0.25) is 10.0 Å². The number of benzene rings is 2. The quantitative estimate of drug-likeness (QED) is 0.434. The Labute approximate surface area is 199 Å². The molecule has 0 heterocycles. The number of amides is 2. The lowest BCUT2D eigenvalue weighted by Crippen LogP contribution is -2.53. The molecule has 1 atom stereocenters. The van der Waals surface area contributed by atoms with E-state index in [0.717, 1.165) is 4.90 Å². The van der Waals surface area contributed by atoms with E-state index >= 15 is 0 Å². The van der Waals surface area contributed by atoms with Crippen molar-refractivity contribution in [3.8, 4) is 0 Å². The summed E-state index contributed by atoms with van der Waals surface area (Å²) in [7, 11) is 0. The largest absolute Gasteiger partial charge is 0.350 e. The maximum atomic E-state index is 13.3. The average Bonchev–Trinajstić information content (AvgIpc) is 2.69. The lowest BCUT2D eigenvalue weighted by atomic mass is 10.1. The van der Waals surface area contributed by atoms with Crippen LogP contribution in [0.5, 0.6) is 0 Å². The molecule has 2 aromatic carbocycles. The number of hydrogen-bond acceptors (Lipinski definition) is 3. The summed E-state index contributed by atoms with van der Waals surface area (Å²) < 4.78 is 0. The first-order chi connectivity index (χ1) is 14.6. The summed E-state index contributed by atoms with van der Waals surface area (Å²) in [4.78, 5) is 29.0. The third-order valence-corrected chi connectivity index (χ3v) is 6.32. The Hall–Kier alpha value is -1.69. The van der Waals surface area contributed by atoms with Crippen LogP contribution in [-0.4, -0.2) is 34.0 Å². The molecule has 2 rings (SSSR count). The van der Waals surface area contributed by atoms with E-state index in [-0.39, 0.29) is 18.4 Å². The van der Waals surface area contributed by atoms with Gasteiger partial charge in [0.1, 0.15) is 6.04 Å². The molecular weight excluding hydrogens is 451 g/mol. The summed E-state index contributed by atoms with van der Waals surface area (Å²) in [6.45, 7) is 7.85. The van der Waals surface area contributed by atoms with Gasteiger partial charge in [0.15, 0.2) is 0 Å². The minimum Gasteiger partial charge on any atom is -0.350 e. The van der Waals surface area contributed by atoms with Gasteiger partial charge in [0.2, 0.25) is 11.8 Å². The molecule has 0 bridgehead atoms. The molecule has 0 saturated heterocycles. The molecule has 7 heteroatoms. The predicted octanol–water partition coefficient (Wildman–Crippen LogP) is 6.20. The molecule has 0 saturated carbocycles. The Morgan fingerprint density at radius 2 is 1.65 bits per heavy atom. The molecule has 2 amide bonds. The average molecular weight is 481 g/mol. The van der Waals surface area contributed by atoms with Gasteiger partial charge in [0.05, 0.1) is 0 Å². The van der Waals surface area contributed by atoms with E-state index < -0.39 is 11.6 Å². The molecule has 2 aromatic rings. The van der Waals surface area contributed by atoms with E-state index in [2.05, 4.69) is 5.32 Å². The number of carbonyl (C=O) groups is 2. The summed E-state index contributed by atoms with van der Waals surface area (Å²) in [5.41, 5.74) is 0.252. The van der Waals surface area contributed by atoms with Crippen LogP contribution in [0.1, 0.15) is 46.1 Å². The second-order valence-electron chi connectivity index (χ2n) is 8.30. The summed E-state index contributed by atoms with van der Waals surface area (Å²) in [5.74, 6) is 0.338. The van der Waals surface area contributed by atoms with Gasteiger partial charge in [-0.15, -0.1) is 11.8 Å². The maximum absolute atomic E-state index is 13.3. The van der Waals surface area contributed by atoms with Gasteiger partial charge in [-0.25, -0.2) is 0 Å². The zero-order valence-corrected chi connectivity index (χ0v) is 20.8. The number of hydrogen-bond donors (Lipinski definition) is 1. The Morgan fingerprint density at radius 1 is 1.03 bits per heavy atom. The zero-order chi connectivity index (χ0) is 23.0. The topological polar surface area (TPSA) is 49.4 Å². The van der Waals surface area contributed by atoms with Crippen molar-refractivity contribution in [1.82, 2.24) is 10.2 Å². The van der Waals surface area contributed by atoms with E-state index in [1.807, 2.05) is 58.0 Å². The van der Waals surface area contributed by atoms with Crippen molar-refractivity contribution >= 4 is 46.8 Å². The van der Waals surface area contributed by atoms with Crippen LogP contribution >= 0.6 is 35.0 Å². The minimum absolute atomic E-state index is 0.102. The molecule has 1 N–H and O–H groups in total. The second kappa shape index (κ2) is 11.8. The molecule has 0 unspecified atom stereocenters. The highest BCUT2D eigenvalue weighted by atomic mass is 35.5. The van der Waals surface area contributed by atoms with Crippen molar-refractivity contribution in [2.75, 3.05) is 5.75 Å². The van der Waals surface area contributed by atoms with Gasteiger partial charge in [-0.3, -0.25) is 9.59 Å². The first kappa shape index (κ1) is 25.6. The number of thioether (sulfide) groups is 1. The van der Waals surface area contributed by atoms with E-state index in [1.165, 1.54) is 0 Å². The van der Waals surface area contributed by atoms with Crippen molar-refractivity contribution in [2.45, 2.75) is 63.6 Å². The highest BCUT2D eigenvalue weighted by Gasteiger charge is 2.31. The Morgan fingerprint density at radius 3 is 2.19 bits per heavy atom. The highest BCUT2D eigenvalue weighted by molar-refractivity contribution is 7.99. The molecule has 0 aliphatic heterocycles. The summed E-state index contributed by atoms with van der Waals surface area (Å²) >= 11 is 14.4. The Bertz CT molecular complexity index is 865.